The number of amides is 1. The summed E-state index contributed by atoms with van der Waals surface area (Å²) in [5.41, 5.74) is -0.555. The molecule has 1 aromatic carbocycles. The highest BCUT2D eigenvalue weighted by atomic mass is 32.2. The number of carboxylic acids is 1. The standard InChI is InChI=1S/C12H15FN2O5S/c1-14(2)11(16)7-15(3)21(19,20)10-6-8(13)4-5-9(10)12(17)18/h4-6H,7H2,1-3H3,(H,17,18). The van der Waals surface area contributed by atoms with E-state index in [0.717, 1.165) is 19.2 Å². The maximum atomic E-state index is 13.2. The van der Waals surface area contributed by atoms with Gasteiger partial charge < -0.3 is 10.0 Å². The van der Waals surface area contributed by atoms with Crippen molar-refractivity contribution in [3.8, 4) is 0 Å². The molecule has 0 bridgehead atoms. The van der Waals surface area contributed by atoms with Crippen LogP contribution in [0.1, 0.15) is 10.4 Å². The van der Waals surface area contributed by atoms with Crippen molar-refractivity contribution in [3.05, 3.63) is 29.6 Å². The second kappa shape index (κ2) is 6.19. The van der Waals surface area contributed by atoms with Gasteiger partial charge in [0.05, 0.1) is 17.0 Å². The van der Waals surface area contributed by atoms with E-state index in [4.69, 9.17) is 5.11 Å². The highest BCUT2D eigenvalue weighted by molar-refractivity contribution is 7.89. The number of carboxylic acid groups (broad SMARTS) is 1. The summed E-state index contributed by atoms with van der Waals surface area (Å²) in [6, 6.07) is 2.34. The highest BCUT2D eigenvalue weighted by Crippen LogP contribution is 2.21. The molecule has 0 unspecified atom stereocenters. The van der Waals surface area contributed by atoms with Crippen molar-refractivity contribution in [2.45, 2.75) is 4.90 Å². The summed E-state index contributed by atoms with van der Waals surface area (Å²) < 4.78 is 38.5. The second-order valence-electron chi connectivity index (χ2n) is 4.49. The molecular weight excluding hydrogens is 303 g/mol. The second-order valence-corrected chi connectivity index (χ2v) is 6.51. The first-order valence-corrected chi connectivity index (χ1v) is 7.20. The summed E-state index contributed by atoms with van der Waals surface area (Å²) in [7, 11) is -0.278. The minimum absolute atomic E-state index is 0.481. The number of halogens is 1. The molecule has 0 atom stereocenters. The van der Waals surface area contributed by atoms with Crippen molar-refractivity contribution < 1.29 is 27.5 Å². The van der Waals surface area contributed by atoms with Crippen LogP contribution >= 0.6 is 0 Å². The van der Waals surface area contributed by atoms with Gasteiger partial charge in [0, 0.05) is 21.1 Å². The average Bonchev–Trinajstić information content (AvgIpc) is 2.37. The molecule has 0 radical (unpaired) electrons. The van der Waals surface area contributed by atoms with Crippen molar-refractivity contribution in [2.24, 2.45) is 0 Å². The largest absolute Gasteiger partial charge is 0.478 e. The fourth-order valence-electron chi connectivity index (χ4n) is 1.47. The molecule has 1 amide bonds. The van der Waals surface area contributed by atoms with Gasteiger partial charge in [-0.2, -0.15) is 4.31 Å². The number of likely N-dealkylation sites (N-methyl/N-ethyl adjacent to an activating group) is 2. The normalized spacial score (nSPS) is 11.5. The van der Waals surface area contributed by atoms with Crippen LogP contribution in [-0.2, 0) is 14.8 Å². The Labute approximate surface area is 121 Å². The van der Waals surface area contributed by atoms with E-state index in [1.54, 1.807) is 0 Å². The summed E-state index contributed by atoms with van der Waals surface area (Å²) in [6.07, 6.45) is 0. The van der Waals surface area contributed by atoms with Crippen LogP contribution in [0.25, 0.3) is 0 Å². The number of sulfonamides is 1. The lowest BCUT2D eigenvalue weighted by Gasteiger charge is -2.20. The van der Waals surface area contributed by atoms with Gasteiger partial charge in [0.25, 0.3) is 0 Å². The molecule has 0 saturated carbocycles. The van der Waals surface area contributed by atoms with Gasteiger partial charge in [0.2, 0.25) is 15.9 Å². The van der Waals surface area contributed by atoms with Crippen LogP contribution in [-0.4, -0.2) is 62.3 Å². The molecule has 7 nitrogen and oxygen atoms in total. The van der Waals surface area contributed by atoms with E-state index in [1.165, 1.54) is 19.0 Å². The summed E-state index contributed by atoms with van der Waals surface area (Å²) in [5.74, 6) is -2.87. The number of rotatable bonds is 5. The molecule has 0 aromatic heterocycles. The lowest BCUT2D eigenvalue weighted by molar-refractivity contribution is -0.128. The van der Waals surface area contributed by atoms with Gasteiger partial charge in [-0.3, -0.25) is 4.79 Å². The smallest absolute Gasteiger partial charge is 0.337 e. The van der Waals surface area contributed by atoms with Crippen LogP contribution < -0.4 is 0 Å². The predicted molar refractivity (Wildman–Crippen MR) is 71.9 cm³/mol. The van der Waals surface area contributed by atoms with Crippen LogP contribution in [0.15, 0.2) is 23.1 Å². The van der Waals surface area contributed by atoms with Gasteiger partial charge in [-0.25, -0.2) is 17.6 Å². The Hall–Kier alpha value is -2.00. The minimum Gasteiger partial charge on any atom is -0.478 e. The predicted octanol–water partition coefficient (Wildman–Crippen LogP) is 0.233. The van der Waals surface area contributed by atoms with E-state index in [-0.39, 0.29) is 0 Å². The molecule has 1 aromatic rings. The van der Waals surface area contributed by atoms with Crippen LogP contribution in [0.2, 0.25) is 0 Å². The number of benzene rings is 1. The molecule has 21 heavy (non-hydrogen) atoms. The zero-order valence-corrected chi connectivity index (χ0v) is 12.5. The Morgan fingerprint density at radius 2 is 1.81 bits per heavy atom. The van der Waals surface area contributed by atoms with Crippen LogP contribution in [0.3, 0.4) is 0 Å². The summed E-state index contributed by atoms with van der Waals surface area (Å²) in [5, 5.41) is 8.99. The van der Waals surface area contributed by atoms with E-state index < -0.39 is 44.7 Å². The average molecular weight is 318 g/mol. The van der Waals surface area contributed by atoms with Gasteiger partial charge in [-0.15, -0.1) is 0 Å². The van der Waals surface area contributed by atoms with Crippen molar-refractivity contribution in [1.82, 2.24) is 9.21 Å². The number of aromatic carboxylic acids is 1. The number of hydrogen-bond donors (Lipinski definition) is 1. The zero-order valence-electron chi connectivity index (χ0n) is 11.7. The number of carbonyl (C=O) groups is 2. The third-order valence-electron chi connectivity index (χ3n) is 2.72. The number of carbonyl (C=O) groups excluding carboxylic acids is 1. The first-order valence-electron chi connectivity index (χ1n) is 5.76. The highest BCUT2D eigenvalue weighted by Gasteiger charge is 2.28. The molecule has 0 aliphatic heterocycles. The Morgan fingerprint density at radius 3 is 2.29 bits per heavy atom. The van der Waals surface area contributed by atoms with E-state index in [9.17, 15) is 22.4 Å². The fraction of sp³-hybridized carbons (Fsp3) is 0.333. The third-order valence-corrected chi connectivity index (χ3v) is 4.56. The monoisotopic (exact) mass is 318 g/mol. The Bertz CT molecular complexity index is 672. The molecule has 0 heterocycles. The van der Waals surface area contributed by atoms with E-state index >= 15 is 0 Å². The Kier molecular flexibility index (Phi) is 5.02. The van der Waals surface area contributed by atoms with Crippen molar-refractivity contribution in [3.63, 3.8) is 0 Å². The molecule has 0 saturated heterocycles. The molecule has 0 aliphatic rings. The molecule has 1 N–H and O–H groups in total. The SMILES string of the molecule is CN(C)C(=O)CN(C)S(=O)(=O)c1cc(F)ccc1C(=O)O. The first kappa shape index (κ1) is 17.1. The Morgan fingerprint density at radius 1 is 1.24 bits per heavy atom. The van der Waals surface area contributed by atoms with Crippen molar-refractivity contribution >= 4 is 21.9 Å². The topological polar surface area (TPSA) is 95.0 Å². The maximum Gasteiger partial charge on any atom is 0.337 e. The summed E-state index contributed by atoms with van der Waals surface area (Å²) in [6.45, 7) is -0.481. The van der Waals surface area contributed by atoms with Gasteiger partial charge in [0.1, 0.15) is 5.82 Å². The molecule has 9 heteroatoms. The Balaban J connectivity index is 3.27. The van der Waals surface area contributed by atoms with E-state index in [2.05, 4.69) is 0 Å². The van der Waals surface area contributed by atoms with Gasteiger partial charge in [-0.05, 0) is 18.2 Å². The molecule has 1 rings (SSSR count). The lowest BCUT2D eigenvalue weighted by atomic mass is 10.2. The van der Waals surface area contributed by atoms with Gasteiger partial charge in [-0.1, -0.05) is 0 Å². The molecule has 0 fully saturated rings. The lowest BCUT2D eigenvalue weighted by Crippen LogP contribution is -2.38. The summed E-state index contributed by atoms with van der Waals surface area (Å²) in [4.78, 5) is 23.1. The van der Waals surface area contributed by atoms with Crippen LogP contribution in [0.4, 0.5) is 4.39 Å². The summed E-state index contributed by atoms with van der Waals surface area (Å²) >= 11 is 0. The molecule has 0 spiro atoms. The maximum absolute atomic E-state index is 13.2. The van der Waals surface area contributed by atoms with Crippen molar-refractivity contribution in [1.29, 1.82) is 0 Å². The molecule has 116 valence electrons. The fourth-order valence-corrected chi connectivity index (χ4v) is 2.78. The van der Waals surface area contributed by atoms with Crippen LogP contribution in [0, 0.1) is 5.82 Å². The van der Waals surface area contributed by atoms with Gasteiger partial charge >= 0.3 is 5.97 Å². The van der Waals surface area contributed by atoms with E-state index in [1.807, 2.05) is 0 Å². The first-order chi connectivity index (χ1) is 9.57. The van der Waals surface area contributed by atoms with Gasteiger partial charge in [0.15, 0.2) is 0 Å². The molecular formula is C12H15FN2O5S. The van der Waals surface area contributed by atoms with E-state index in [0.29, 0.717) is 10.4 Å². The molecule has 0 aliphatic carbocycles. The number of hydrogen-bond acceptors (Lipinski definition) is 4. The van der Waals surface area contributed by atoms with Crippen LogP contribution in [0.5, 0.6) is 0 Å². The zero-order chi connectivity index (χ0) is 16.4. The van der Waals surface area contributed by atoms with Crippen molar-refractivity contribution in [2.75, 3.05) is 27.7 Å². The third kappa shape index (κ3) is 3.76. The number of nitrogens with zero attached hydrogens (tertiary/aromatic N) is 2. The minimum atomic E-state index is -4.30. The quantitative estimate of drug-likeness (QED) is 0.839.